The van der Waals surface area contributed by atoms with Crippen molar-refractivity contribution in [1.82, 2.24) is 9.55 Å². The maximum absolute atomic E-state index is 13.3. The third-order valence-electron chi connectivity index (χ3n) is 5.57. The van der Waals surface area contributed by atoms with Gasteiger partial charge in [-0.2, -0.15) is 0 Å². The average molecular weight is 442 g/mol. The van der Waals surface area contributed by atoms with E-state index >= 15 is 0 Å². The summed E-state index contributed by atoms with van der Waals surface area (Å²) in [6, 6.07) is 13.0. The van der Waals surface area contributed by atoms with E-state index in [1.165, 1.54) is 11.8 Å². The molecule has 1 saturated carbocycles. The molecule has 4 rings (SSSR count). The number of halogens is 1. The largest absolute Gasteiger partial charge is 0.325 e. The smallest absolute Gasteiger partial charge is 0.262 e. The number of aromatic nitrogens is 2. The molecule has 3 aromatic rings. The van der Waals surface area contributed by atoms with E-state index in [1.807, 2.05) is 48.7 Å². The molecule has 1 unspecified atom stereocenters. The van der Waals surface area contributed by atoms with Gasteiger partial charge in [-0.15, -0.1) is 0 Å². The molecule has 0 saturated heterocycles. The molecule has 0 radical (unpaired) electrons. The van der Waals surface area contributed by atoms with E-state index in [4.69, 9.17) is 16.6 Å². The van der Waals surface area contributed by atoms with Crippen molar-refractivity contribution in [3.8, 4) is 0 Å². The molecule has 5 nitrogen and oxygen atoms in total. The molecule has 156 valence electrons. The van der Waals surface area contributed by atoms with Crippen molar-refractivity contribution >= 4 is 45.9 Å². The lowest BCUT2D eigenvalue weighted by Crippen LogP contribution is -2.29. The highest BCUT2D eigenvalue weighted by Crippen LogP contribution is 2.33. The topological polar surface area (TPSA) is 64.0 Å². The number of carbonyl (C=O) groups is 1. The van der Waals surface area contributed by atoms with Gasteiger partial charge in [-0.1, -0.05) is 54.4 Å². The first-order valence-corrected chi connectivity index (χ1v) is 11.4. The minimum Gasteiger partial charge on any atom is -0.325 e. The Labute approximate surface area is 184 Å². The highest BCUT2D eigenvalue weighted by Gasteiger charge is 2.25. The number of fused-ring (bicyclic) bond motifs is 1. The van der Waals surface area contributed by atoms with Gasteiger partial charge in [-0.05, 0) is 56.5 Å². The van der Waals surface area contributed by atoms with Crippen LogP contribution in [0.2, 0.25) is 5.02 Å². The summed E-state index contributed by atoms with van der Waals surface area (Å²) in [7, 11) is 0. The summed E-state index contributed by atoms with van der Waals surface area (Å²) in [5, 5.41) is 4.33. The molecule has 0 spiro atoms. The maximum Gasteiger partial charge on any atom is 0.262 e. The van der Waals surface area contributed by atoms with E-state index in [9.17, 15) is 9.59 Å². The Balaban J connectivity index is 1.65. The second-order valence-corrected chi connectivity index (χ2v) is 9.48. The Morgan fingerprint density at radius 3 is 2.73 bits per heavy atom. The normalized spacial score (nSPS) is 15.4. The predicted molar refractivity (Wildman–Crippen MR) is 124 cm³/mol. The lowest BCUT2D eigenvalue weighted by Gasteiger charge is -2.20. The SMILES string of the molecule is Cc1ccc(Cl)cc1NC(=O)C(C)Sc1nc2ccccc2c(=O)n1C1CCCC1. The highest BCUT2D eigenvalue weighted by molar-refractivity contribution is 8.00. The van der Waals surface area contributed by atoms with Crippen LogP contribution in [0.1, 0.15) is 44.2 Å². The van der Waals surface area contributed by atoms with Gasteiger partial charge in [0.2, 0.25) is 5.91 Å². The minimum absolute atomic E-state index is 0.0201. The molecule has 1 atom stereocenters. The van der Waals surface area contributed by atoms with Crippen molar-refractivity contribution in [3.63, 3.8) is 0 Å². The monoisotopic (exact) mass is 441 g/mol. The van der Waals surface area contributed by atoms with Gasteiger partial charge in [0.15, 0.2) is 5.16 Å². The Morgan fingerprint density at radius 1 is 1.23 bits per heavy atom. The van der Waals surface area contributed by atoms with Crippen molar-refractivity contribution in [2.24, 2.45) is 0 Å². The van der Waals surface area contributed by atoms with E-state index in [0.29, 0.717) is 26.8 Å². The first-order chi connectivity index (χ1) is 14.4. The predicted octanol–water partition coefficient (Wildman–Crippen LogP) is 5.59. The van der Waals surface area contributed by atoms with Crippen molar-refractivity contribution in [1.29, 1.82) is 0 Å². The quantitative estimate of drug-likeness (QED) is 0.414. The molecule has 1 amide bonds. The number of rotatable bonds is 5. The number of amides is 1. The van der Waals surface area contributed by atoms with Gasteiger partial charge in [0.25, 0.3) is 5.56 Å². The zero-order chi connectivity index (χ0) is 21.3. The Bertz CT molecular complexity index is 1150. The summed E-state index contributed by atoms with van der Waals surface area (Å²) >= 11 is 7.40. The number of carbonyl (C=O) groups excluding carboxylic acids is 1. The van der Waals surface area contributed by atoms with Crippen LogP contribution in [0, 0.1) is 6.92 Å². The average Bonchev–Trinajstić information content (AvgIpc) is 3.25. The first kappa shape index (κ1) is 20.9. The van der Waals surface area contributed by atoms with E-state index < -0.39 is 5.25 Å². The molecule has 1 heterocycles. The van der Waals surface area contributed by atoms with Crippen LogP contribution < -0.4 is 10.9 Å². The molecule has 1 aliphatic rings. The number of anilines is 1. The van der Waals surface area contributed by atoms with Crippen molar-refractivity contribution in [2.45, 2.75) is 56.0 Å². The maximum atomic E-state index is 13.3. The van der Waals surface area contributed by atoms with Gasteiger partial charge >= 0.3 is 0 Å². The standard InChI is InChI=1S/C23H24ClN3O2S/c1-14-11-12-16(24)13-20(14)25-21(28)15(2)30-23-26-19-10-6-5-9-18(19)22(29)27(23)17-7-3-4-8-17/h5-6,9-13,15,17H,3-4,7-8H2,1-2H3,(H,25,28). The number of benzene rings is 2. The van der Waals surface area contributed by atoms with Crippen LogP contribution in [0.3, 0.4) is 0 Å². The number of hydrogen-bond donors (Lipinski definition) is 1. The van der Waals surface area contributed by atoms with E-state index in [2.05, 4.69) is 5.32 Å². The summed E-state index contributed by atoms with van der Waals surface area (Å²) in [6.07, 6.45) is 4.15. The van der Waals surface area contributed by atoms with E-state index in [1.54, 1.807) is 12.1 Å². The number of nitrogens with zero attached hydrogens (tertiary/aromatic N) is 2. The Morgan fingerprint density at radius 2 is 1.97 bits per heavy atom. The Kier molecular flexibility index (Phi) is 6.16. The highest BCUT2D eigenvalue weighted by atomic mass is 35.5. The molecule has 0 bridgehead atoms. The fraction of sp³-hybridized carbons (Fsp3) is 0.348. The first-order valence-electron chi connectivity index (χ1n) is 10.2. The second kappa shape index (κ2) is 8.82. The molecule has 1 aromatic heterocycles. The fourth-order valence-corrected chi connectivity index (χ4v) is 5.02. The van der Waals surface area contributed by atoms with Crippen molar-refractivity contribution < 1.29 is 4.79 Å². The summed E-state index contributed by atoms with van der Waals surface area (Å²) < 4.78 is 1.81. The fourth-order valence-electron chi connectivity index (χ4n) is 3.87. The van der Waals surface area contributed by atoms with Crippen molar-refractivity contribution in [3.05, 3.63) is 63.4 Å². The third kappa shape index (κ3) is 4.25. The number of nitrogens with one attached hydrogen (secondary N) is 1. The van der Waals surface area contributed by atoms with E-state index in [-0.39, 0.29) is 17.5 Å². The minimum atomic E-state index is -0.427. The summed E-state index contributed by atoms with van der Waals surface area (Å²) in [6.45, 7) is 3.76. The molecule has 0 aliphatic heterocycles. The summed E-state index contributed by atoms with van der Waals surface area (Å²) in [5.41, 5.74) is 2.28. The molecule has 2 aromatic carbocycles. The van der Waals surface area contributed by atoms with Crippen LogP contribution >= 0.6 is 23.4 Å². The van der Waals surface area contributed by atoms with Gasteiger partial charge in [-0.3, -0.25) is 14.2 Å². The molecular formula is C23H24ClN3O2S. The van der Waals surface area contributed by atoms with Crippen LogP contribution in [-0.4, -0.2) is 20.7 Å². The lowest BCUT2D eigenvalue weighted by atomic mass is 10.2. The number of thioether (sulfide) groups is 1. The molecule has 7 heteroatoms. The molecule has 1 fully saturated rings. The van der Waals surface area contributed by atoms with Gasteiger partial charge < -0.3 is 5.32 Å². The molecule has 1 aliphatic carbocycles. The molecule has 1 N–H and O–H groups in total. The van der Waals surface area contributed by atoms with Gasteiger partial charge in [0.1, 0.15) is 0 Å². The molecule has 30 heavy (non-hydrogen) atoms. The summed E-state index contributed by atoms with van der Waals surface area (Å²) in [4.78, 5) is 30.9. The van der Waals surface area contributed by atoms with Gasteiger partial charge in [-0.25, -0.2) is 4.98 Å². The number of aryl methyl sites for hydroxylation is 1. The summed E-state index contributed by atoms with van der Waals surface area (Å²) in [5.74, 6) is -0.147. The Hall–Kier alpha value is -2.31. The van der Waals surface area contributed by atoms with Crippen LogP contribution in [0.4, 0.5) is 5.69 Å². The third-order valence-corrected chi connectivity index (χ3v) is 6.88. The van der Waals surface area contributed by atoms with E-state index in [0.717, 1.165) is 31.2 Å². The van der Waals surface area contributed by atoms with Crippen LogP contribution in [0.15, 0.2) is 52.4 Å². The zero-order valence-electron chi connectivity index (χ0n) is 17.0. The van der Waals surface area contributed by atoms with Gasteiger partial charge in [0.05, 0.1) is 16.2 Å². The van der Waals surface area contributed by atoms with Crippen LogP contribution in [0.5, 0.6) is 0 Å². The molecular weight excluding hydrogens is 418 g/mol. The zero-order valence-corrected chi connectivity index (χ0v) is 18.6. The van der Waals surface area contributed by atoms with Crippen molar-refractivity contribution in [2.75, 3.05) is 5.32 Å². The van der Waals surface area contributed by atoms with Crippen LogP contribution in [-0.2, 0) is 4.79 Å². The van der Waals surface area contributed by atoms with Crippen LogP contribution in [0.25, 0.3) is 10.9 Å². The number of hydrogen-bond acceptors (Lipinski definition) is 4. The number of para-hydroxylation sites is 1. The van der Waals surface area contributed by atoms with Gasteiger partial charge in [0, 0.05) is 16.8 Å². The second-order valence-electron chi connectivity index (χ2n) is 7.73. The lowest BCUT2D eigenvalue weighted by molar-refractivity contribution is -0.115.